The molecule has 13 heteroatoms. The van der Waals surface area contributed by atoms with Crippen molar-refractivity contribution in [3.63, 3.8) is 0 Å². The van der Waals surface area contributed by atoms with E-state index in [2.05, 4.69) is 16.0 Å². The third-order valence-electron chi connectivity index (χ3n) is 6.37. The lowest BCUT2D eigenvalue weighted by Gasteiger charge is -2.45. The van der Waals surface area contributed by atoms with Gasteiger partial charge in [0.1, 0.15) is 17.4 Å². The Labute approximate surface area is 201 Å². The number of ketones is 1. The van der Waals surface area contributed by atoms with Gasteiger partial charge in [-0.1, -0.05) is 0 Å². The van der Waals surface area contributed by atoms with Crippen molar-refractivity contribution in [2.75, 3.05) is 12.4 Å². The number of rotatable bonds is 6. The number of hydrogen-bond acceptors (Lipinski definition) is 4. The number of alkyl halides is 3. The second kappa shape index (κ2) is 8.71. The molecule has 0 radical (unpaired) electrons. The minimum atomic E-state index is -3.21. The lowest BCUT2D eigenvalue weighted by molar-refractivity contribution is -0.164. The van der Waals surface area contributed by atoms with Crippen LogP contribution in [-0.4, -0.2) is 52.8 Å². The topological polar surface area (TPSA) is 109 Å². The maximum absolute atomic E-state index is 14.3. The zero-order valence-electron chi connectivity index (χ0n) is 19.1. The van der Waals surface area contributed by atoms with E-state index < -0.39 is 65.6 Å². The summed E-state index contributed by atoms with van der Waals surface area (Å²) >= 11 is 0. The van der Waals surface area contributed by atoms with Crippen molar-refractivity contribution in [1.82, 2.24) is 15.2 Å². The smallest absolute Gasteiger partial charge is 0.293 e. The van der Waals surface area contributed by atoms with Crippen LogP contribution >= 0.6 is 0 Å². The molecular weight excluding hydrogens is 491 g/mol. The highest BCUT2D eigenvalue weighted by atomic mass is 19.3. The van der Waals surface area contributed by atoms with E-state index in [1.807, 2.05) is 0 Å². The number of nitrogens with zero attached hydrogens (tertiary/aromatic N) is 1. The number of likely N-dealkylation sites (N-methyl/N-ethyl adjacent to an activating group) is 1. The molecule has 192 valence electrons. The van der Waals surface area contributed by atoms with Crippen molar-refractivity contribution in [2.24, 2.45) is 0 Å². The van der Waals surface area contributed by atoms with E-state index in [1.165, 1.54) is 18.5 Å². The summed E-state index contributed by atoms with van der Waals surface area (Å²) in [5.74, 6) is -9.91. The highest BCUT2D eigenvalue weighted by Gasteiger charge is 2.62. The highest BCUT2D eigenvalue weighted by Crippen LogP contribution is 2.46. The van der Waals surface area contributed by atoms with Crippen molar-refractivity contribution >= 4 is 29.2 Å². The first-order valence-electron chi connectivity index (χ1n) is 10.9. The lowest BCUT2D eigenvalue weighted by Crippen LogP contribution is -2.69. The van der Waals surface area contributed by atoms with E-state index in [0.717, 1.165) is 18.2 Å². The summed E-state index contributed by atoms with van der Waals surface area (Å²) in [4.78, 5) is 51.0. The van der Waals surface area contributed by atoms with Crippen molar-refractivity contribution < 1.29 is 41.1 Å². The van der Waals surface area contributed by atoms with Gasteiger partial charge in [0, 0.05) is 43.8 Å². The van der Waals surface area contributed by atoms with Crippen LogP contribution in [0.2, 0.25) is 0 Å². The number of carbonyl (C=O) groups excluding carboxylic acids is 4. The van der Waals surface area contributed by atoms with Gasteiger partial charge in [-0.15, -0.1) is 0 Å². The molecule has 0 spiro atoms. The molecule has 0 bridgehead atoms. The maximum atomic E-state index is 14.3. The standard InChI is InChI=1S/C23H21F5N4O4/c1-10-16(18(33)20(35)31-22(21(36)29-2)8-23(27,28)9-22)15-5-11(24)7-32(15)17(10)19(34)30-12-3-4-13(25)14(26)6-12/h3-4,6,11H,5,7-9H2,1-2H3,(H,29,36)(H,30,34)(H,31,35). The Morgan fingerprint density at radius 1 is 1.08 bits per heavy atom. The summed E-state index contributed by atoms with van der Waals surface area (Å²) < 4.78 is 69.3. The third-order valence-corrected chi connectivity index (χ3v) is 6.37. The molecule has 1 atom stereocenters. The first kappa shape index (κ1) is 25.3. The molecule has 1 saturated carbocycles. The van der Waals surface area contributed by atoms with Crippen LogP contribution in [0, 0.1) is 18.6 Å². The normalized spacial score (nSPS) is 19.1. The van der Waals surface area contributed by atoms with Gasteiger partial charge in [-0.05, 0) is 24.6 Å². The van der Waals surface area contributed by atoms with Gasteiger partial charge in [-0.25, -0.2) is 22.0 Å². The molecule has 36 heavy (non-hydrogen) atoms. The number of anilines is 1. The van der Waals surface area contributed by atoms with Gasteiger partial charge in [-0.3, -0.25) is 19.2 Å². The number of benzene rings is 1. The Morgan fingerprint density at radius 3 is 2.33 bits per heavy atom. The molecule has 2 aliphatic rings. The Kier molecular flexibility index (Phi) is 6.13. The molecule has 0 saturated heterocycles. The number of aromatic nitrogens is 1. The number of Topliss-reactive ketones (excluding diaryl/α,β-unsaturated/α-hetero) is 1. The van der Waals surface area contributed by atoms with Crippen LogP contribution in [0.1, 0.15) is 44.9 Å². The number of nitrogens with one attached hydrogen (secondary N) is 3. The molecule has 1 fully saturated rings. The first-order chi connectivity index (χ1) is 16.8. The Hall–Kier alpha value is -3.77. The lowest BCUT2D eigenvalue weighted by atomic mass is 9.72. The average molecular weight is 512 g/mol. The fraction of sp³-hybridized carbons (Fsp3) is 0.391. The van der Waals surface area contributed by atoms with Crippen LogP contribution < -0.4 is 16.0 Å². The second-order valence-corrected chi connectivity index (χ2v) is 8.94. The monoisotopic (exact) mass is 512 g/mol. The number of fused-ring (bicyclic) bond motifs is 1. The van der Waals surface area contributed by atoms with Crippen LogP contribution in [0.4, 0.5) is 27.6 Å². The minimum Gasteiger partial charge on any atom is -0.357 e. The summed E-state index contributed by atoms with van der Waals surface area (Å²) in [6.45, 7) is 1.03. The highest BCUT2D eigenvalue weighted by molar-refractivity contribution is 6.44. The second-order valence-electron chi connectivity index (χ2n) is 8.94. The van der Waals surface area contributed by atoms with Crippen LogP contribution in [0.15, 0.2) is 18.2 Å². The molecule has 4 rings (SSSR count). The van der Waals surface area contributed by atoms with Crippen LogP contribution in [0.25, 0.3) is 0 Å². The zero-order chi connectivity index (χ0) is 26.6. The third kappa shape index (κ3) is 4.22. The van der Waals surface area contributed by atoms with Crippen molar-refractivity contribution in [2.45, 2.75) is 50.4 Å². The Morgan fingerprint density at radius 2 is 1.75 bits per heavy atom. The largest absolute Gasteiger partial charge is 0.357 e. The number of amides is 3. The van der Waals surface area contributed by atoms with Gasteiger partial charge < -0.3 is 20.5 Å². The van der Waals surface area contributed by atoms with Crippen LogP contribution in [0.5, 0.6) is 0 Å². The van der Waals surface area contributed by atoms with Gasteiger partial charge in [-0.2, -0.15) is 0 Å². The first-order valence-corrected chi connectivity index (χ1v) is 10.9. The van der Waals surface area contributed by atoms with Crippen molar-refractivity contribution in [1.29, 1.82) is 0 Å². The summed E-state index contributed by atoms with van der Waals surface area (Å²) in [6, 6.07) is 2.63. The van der Waals surface area contributed by atoms with E-state index >= 15 is 0 Å². The predicted molar refractivity (Wildman–Crippen MR) is 116 cm³/mol. The molecule has 3 N–H and O–H groups in total. The molecule has 1 aromatic heterocycles. The fourth-order valence-corrected chi connectivity index (χ4v) is 4.82. The molecule has 3 amide bonds. The Balaban J connectivity index is 1.65. The molecule has 8 nitrogen and oxygen atoms in total. The van der Waals surface area contributed by atoms with Gasteiger partial charge in [0.25, 0.3) is 23.5 Å². The van der Waals surface area contributed by atoms with Gasteiger partial charge in [0.2, 0.25) is 5.91 Å². The van der Waals surface area contributed by atoms with E-state index in [1.54, 1.807) is 0 Å². The minimum absolute atomic E-state index is 0.00469. The number of halogens is 5. The summed E-state index contributed by atoms with van der Waals surface area (Å²) in [5, 5.41) is 6.62. The molecule has 1 aromatic carbocycles. The quantitative estimate of drug-likeness (QED) is 0.314. The van der Waals surface area contributed by atoms with E-state index in [-0.39, 0.29) is 41.2 Å². The zero-order valence-corrected chi connectivity index (χ0v) is 19.1. The van der Waals surface area contributed by atoms with Crippen LogP contribution in [-0.2, 0) is 22.6 Å². The molecule has 1 aliphatic heterocycles. The van der Waals surface area contributed by atoms with Gasteiger partial charge >= 0.3 is 0 Å². The van der Waals surface area contributed by atoms with Crippen molar-refractivity contribution in [3.8, 4) is 0 Å². The fourth-order valence-electron chi connectivity index (χ4n) is 4.82. The van der Waals surface area contributed by atoms with Gasteiger partial charge in [0.15, 0.2) is 11.6 Å². The SMILES string of the molecule is CNC(=O)C1(NC(=O)C(=O)c2c(C)c(C(=O)Nc3ccc(F)c(F)c3)n3c2CC(F)C3)CC(F)(F)C1. The van der Waals surface area contributed by atoms with Gasteiger partial charge in [0.05, 0.1) is 12.1 Å². The maximum Gasteiger partial charge on any atom is 0.293 e. The molecule has 1 aliphatic carbocycles. The summed E-state index contributed by atoms with van der Waals surface area (Å²) in [5.41, 5.74) is -2.51. The average Bonchev–Trinajstić information content (AvgIpc) is 3.26. The number of hydrogen-bond donors (Lipinski definition) is 3. The predicted octanol–water partition coefficient (Wildman–Crippen LogP) is 2.43. The van der Waals surface area contributed by atoms with Crippen molar-refractivity contribution in [3.05, 3.63) is 52.3 Å². The molecule has 2 heterocycles. The van der Waals surface area contributed by atoms with Crippen LogP contribution in [0.3, 0.4) is 0 Å². The Bertz CT molecular complexity index is 1300. The molecule has 2 aromatic rings. The van der Waals surface area contributed by atoms with E-state index in [9.17, 15) is 41.1 Å². The van der Waals surface area contributed by atoms with E-state index in [0.29, 0.717) is 0 Å². The molecular formula is C23H21F5N4O4. The number of carbonyl (C=O) groups is 4. The summed E-state index contributed by atoms with van der Waals surface area (Å²) in [7, 11) is 1.19. The molecule has 1 unspecified atom stereocenters. The van der Waals surface area contributed by atoms with E-state index in [4.69, 9.17) is 0 Å². The summed E-state index contributed by atoms with van der Waals surface area (Å²) in [6.07, 6.45) is -3.78.